The van der Waals surface area contributed by atoms with Gasteiger partial charge in [0.05, 0.1) is 6.54 Å². The highest BCUT2D eigenvalue weighted by atomic mass is 16.2. The number of hydrazine groups is 1. The van der Waals surface area contributed by atoms with Crippen molar-refractivity contribution in [3.05, 3.63) is 56.7 Å². The average Bonchev–Trinajstić information content (AvgIpc) is 2.36. The maximum Gasteiger partial charge on any atom is 0.330 e. The van der Waals surface area contributed by atoms with E-state index in [0.717, 1.165) is 5.56 Å². The van der Waals surface area contributed by atoms with Gasteiger partial charge in [-0.15, -0.1) is 0 Å². The Morgan fingerprint density at radius 2 is 1.89 bits per heavy atom. The fraction of sp³-hybridized carbons (Fsp3) is 0.0909. The summed E-state index contributed by atoms with van der Waals surface area (Å²) in [7, 11) is 0. The van der Waals surface area contributed by atoms with Crippen LogP contribution < -0.4 is 28.3 Å². The number of rotatable bonds is 3. The van der Waals surface area contributed by atoms with E-state index in [4.69, 9.17) is 11.6 Å². The SMILES string of the molecule is NNc1c(N)n(Cc2ccccc2)c(=O)[nH]c1=O. The Bertz CT molecular complexity index is 659. The van der Waals surface area contributed by atoms with Crippen molar-refractivity contribution in [1.82, 2.24) is 9.55 Å². The van der Waals surface area contributed by atoms with Crippen LogP contribution in [-0.2, 0) is 6.54 Å². The lowest BCUT2D eigenvalue weighted by Crippen LogP contribution is -2.35. The molecule has 0 bridgehead atoms. The minimum Gasteiger partial charge on any atom is -0.383 e. The fourth-order valence-corrected chi connectivity index (χ4v) is 1.65. The number of H-pyrrole nitrogens is 1. The molecule has 94 valence electrons. The molecule has 0 spiro atoms. The molecule has 18 heavy (non-hydrogen) atoms. The summed E-state index contributed by atoms with van der Waals surface area (Å²) < 4.78 is 1.24. The van der Waals surface area contributed by atoms with Gasteiger partial charge in [0, 0.05) is 0 Å². The molecule has 0 atom stereocenters. The minimum atomic E-state index is -0.635. The van der Waals surface area contributed by atoms with Gasteiger partial charge < -0.3 is 11.2 Å². The van der Waals surface area contributed by atoms with Gasteiger partial charge in [0.15, 0.2) is 5.69 Å². The Balaban J connectivity index is 2.52. The lowest BCUT2D eigenvalue weighted by atomic mass is 10.2. The van der Waals surface area contributed by atoms with E-state index >= 15 is 0 Å². The van der Waals surface area contributed by atoms with E-state index in [1.165, 1.54) is 4.57 Å². The van der Waals surface area contributed by atoms with Crippen LogP contribution in [0.3, 0.4) is 0 Å². The van der Waals surface area contributed by atoms with E-state index in [1.54, 1.807) is 0 Å². The van der Waals surface area contributed by atoms with Crippen molar-refractivity contribution < 1.29 is 0 Å². The second-order valence-corrected chi connectivity index (χ2v) is 3.74. The van der Waals surface area contributed by atoms with Crippen LogP contribution in [0.5, 0.6) is 0 Å². The molecule has 0 aliphatic carbocycles. The number of anilines is 2. The maximum atomic E-state index is 11.7. The number of nitrogens with two attached hydrogens (primary N) is 2. The minimum absolute atomic E-state index is 0.00935. The number of aromatic nitrogens is 2. The van der Waals surface area contributed by atoms with Crippen molar-refractivity contribution >= 4 is 11.5 Å². The third-order valence-electron chi connectivity index (χ3n) is 2.57. The molecule has 0 unspecified atom stereocenters. The van der Waals surface area contributed by atoms with Crippen molar-refractivity contribution in [2.75, 3.05) is 11.2 Å². The first-order valence-corrected chi connectivity index (χ1v) is 5.26. The summed E-state index contributed by atoms with van der Waals surface area (Å²) in [5.74, 6) is 5.21. The number of nitrogens with zero attached hydrogens (tertiary/aromatic N) is 1. The maximum absolute atomic E-state index is 11.7. The summed E-state index contributed by atoms with van der Waals surface area (Å²) in [6, 6.07) is 9.28. The van der Waals surface area contributed by atoms with Crippen molar-refractivity contribution in [2.24, 2.45) is 5.84 Å². The molecular formula is C11H13N5O2. The molecule has 0 saturated heterocycles. The Morgan fingerprint density at radius 3 is 2.50 bits per heavy atom. The van der Waals surface area contributed by atoms with Gasteiger partial charge in [-0.05, 0) is 5.56 Å². The third kappa shape index (κ3) is 2.11. The second kappa shape index (κ2) is 4.76. The highest BCUT2D eigenvalue weighted by molar-refractivity contribution is 5.59. The second-order valence-electron chi connectivity index (χ2n) is 3.74. The lowest BCUT2D eigenvalue weighted by Gasteiger charge is -2.11. The first-order valence-electron chi connectivity index (χ1n) is 5.26. The van der Waals surface area contributed by atoms with E-state index < -0.39 is 11.2 Å². The molecule has 0 fully saturated rings. The molecule has 2 rings (SSSR count). The average molecular weight is 247 g/mol. The van der Waals surface area contributed by atoms with E-state index in [2.05, 4.69) is 10.4 Å². The predicted octanol–water partition coefficient (Wildman–Crippen LogP) is -0.547. The first kappa shape index (κ1) is 11.9. The summed E-state index contributed by atoms with van der Waals surface area (Å²) in [4.78, 5) is 25.2. The van der Waals surface area contributed by atoms with Gasteiger partial charge in [-0.25, -0.2) is 4.79 Å². The summed E-state index contributed by atoms with van der Waals surface area (Å²) in [6.45, 7) is 0.261. The van der Waals surface area contributed by atoms with Crippen LogP contribution in [0.2, 0.25) is 0 Å². The molecule has 6 N–H and O–H groups in total. The number of aromatic amines is 1. The Morgan fingerprint density at radius 1 is 1.22 bits per heavy atom. The Labute approximate surface area is 102 Å². The Kier molecular flexibility index (Phi) is 3.16. The molecule has 0 aliphatic heterocycles. The first-order chi connectivity index (χ1) is 8.63. The van der Waals surface area contributed by atoms with Gasteiger partial charge in [-0.3, -0.25) is 20.2 Å². The number of nitrogen functional groups attached to an aromatic ring is 2. The molecule has 1 heterocycles. The molecule has 1 aromatic heterocycles. The summed E-state index contributed by atoms with van der Waals surface area (Å²) in [6.07, 6.45) is 0. The zero-order chi connectivity index (χ0) is 13.1. The zero-order valence-electron chi connectivity index (χ0n) is 9.51. The van der Waals surface area contributed by atoms with E-state index in [9.17, 15) is 9.59 Å². The summed E-state index contributed by atoms with van der Waals surface area (Å²) >= 11 is 0. The van der Waals surface area contributed by atoms with Gasteiger partial charge in [-0.1, -0.05) is 30.3 Å². The van der Waals surface area contributed by atoms with Gasteiger partial charge in [-0.2, -0.15) is 0 Å². The van der Waals surface area contributed by atoms with Crippen LogP contribution >= 0.6 is 0 Å². The lowest BCUT2D eigenvalue weighted by molar-refractivity contribution is 0.734. The van der Waals surface area contributed by atoms with Gasteiger partial charge in [0.1, 0.15) is 5.82 Å². The van der Waals surface area contributed by atoms with Gasteiger partial charge >= 0.3 is 5.69 Å². The number of nitrogens with one attached hydrogen (secondary N) is 2. The number of hydrogen-bond donors (Lipinski definition) is 4. The van der Waals surface area contributed by atoms with E-state index in [1.807, 2.05) is 30.3 Å². The summed E-state index contributed by atoms with van der Waals surface area (Å²) in [5.41, 5.74) is 7.60. The molecular weight excluding hydrogens is 234 g/mol. The molecule has 0 saturated carbocycles. The summed E-state index contributed by atoms with van der Waals surface area (Å²) in [5, 5.41) is 0. The van der Waals surface area contributed by atoms with Crippen LogP contribution in [-0.4, -0.2) is 9.55 Å². The highest BCUT2D eigenvalue weighted by Crippen LogP contribution is 2.10. The Hall–Kier alpha value is -2.54. The molecule has 7 nitrogen and oxygen atoms in total. The van der Waals surface area contributed by atoms with Crippen LogP contribution in [0.1, 0.15) is 5.56 Å². The zero-order valence-corrected chi connectivity index (χ0v) is 9.51. The highest BCUT2D eigenvalue weighted by Gasteiger charge is 2.11. The smallest absolute Gasteiger partial charge is 0.330 e. The fourth-order valence-electron chi connectivity index (χ4n) is 1.65. The van der Waals surface area contributed by atoms with E-state index in [0.29, 0.717) is 0 Å². The van der Waals surface area contributed by atoms with Crippen LogP contribution in [0, 0.1) is 0 Å². The van der Waals surface area contributed by atoms with Crippen molar-refractivity contribution in [1.29, 1.82) is 0 Å². The van der Waals surface area contributed by atoms with Crippen LogP contribution in [0.4, 0.5) is 11.5 Å². The molecule has 0 radical (unpaired) electrons. The standard InChI is InChI=1S/C11H13N5O2/c12-9-8(15-13)10(17)14-11(18)16(9)6-7-4-2-1-3-5-7/h1-5,15H,6,12-13H2,(H,14,17,18). The number of benzene rings is 1. The monoisotopic (exact) mass is 247 g/mol. The largest absolute Gasteiger partial charge is 0.383 e. The molecule has 1 aromatic carbocycles. The van der Waals surface area contributed by atoms with Crippen molar-refractivity contribution in [2.45, 2.75) is 6.54 Å². The predicted molar refractivity (Wildman–Crippen MR) is 69.1 cm³/mol. The molecule has 0 aliphatic rings. The van der Waals surface area contributed by atoms with E-state index in [-0.39, 0.29) is 18.1 Å². The van der Waals surface area contributed by atoms with Crippen molar-refractivity contribution in [3.63, 3.8) is 0 Å². The quantitative estimate of drug-likeness (QED) is 0.428. The molecule has 0 amide bonds. The normalized spacial score (nSPS) is 10.3. The van der Waals surface area contributed by atoms with Gasteiger partial charge in [0.2, 0.25) is 0 Å². The molecule has 2 aromatic rings. The van der Waals surface area contributed by atoms with Gasteiger partial charge in [0.25, 0.3) is 5.56 Å². The van der Waals surface area contributed by atoms with Crippen LogP contribution in [0.15, 0.2) is 39.9 Å². The topological polar surface area (TPSA) is 119 Å². The van der Waals surface area contributed by atoms with Crippen LogP contribution in [0.25, 0.3) is 0 Å². The molecule has 7 heteroatoms. The van der Waals surface area contributed by atoms with Crippen molar-refractivity contribution in [3.8, 4) is 0 Å². The third-order valence-corrected chi connectivity index (χ3v) is 2.57. The number of hydrogen-bond acceptors (Lipinski definition) is 5.